The van der Waals surface area contributed by atoms with E-state index in [-0.39, 0.29) is 5.91 Å². The first kappa shape index (κ1) is 7.98. The van der Waals surface area contributed by atoms with Crippen molar-refractivity contribution < 1.29 is 4.79 Å². The van der Waals surface area contributed by atoms with Crippen molar-refractivity contribution in [2.45, 2.75) is 6.92 Å². The van der Waals surface area contributed by atoms with Gasteiger partial charge in [-0.2, -0.15) is 4.99 Å². The average molecular weight is 174 g/mol. The predicted octanol–water partition coefficient (Wildman–Crippen LogP) is 1.45. The number of carbonyl (C=O) groups excluding carboxylic acids is 1. The minimum Gasteiger partial charge on any atom is -0.320 e. The van der Waals surface area contributed by atoms with E-state index in [9.17, 15) is 4.79 Å². The van der Waals surface area contributed by atoms with E-state index in [1.54, 1.807) is 0 Å². The third-order valence-corrected chi connectivity index (χ3v) is 2.04. The zero-order valence-corrected chi connectivity index (χ0v) is 7.40. The maximum atomic E-state index is 11.0. The number of aliphatic imine (C=N–C) groups is 1. The van der Waals surface area contributed by atoms with Gasteiger partial charge < -0.3 is 4.90 Å². The van der Waals surface area contributed by atoms with Crippen LogP contribution < -0.4 is 4.90 Å². The smallest absolute Gasteiger partial charge is 0.267 e. The van der Waals surface area contributed by atoms with Crippen LogP contribution in [0, 0.1) is 0 Å². The summed E-state index contributed by atoms with van der Waals surface area (Å²) in [6.07, 6.45) is 0. The molecule has 1 aromatic rings. The minimum atomic E-state index is -0.0682. The molecule has 0 atom stereocenters. The molecular weight excluding hydrogens is 164 g/mol. The zero-order chi connectivity index (χ0) is 9.26. The highest BCUT2D eigenvalue weighted by atomic mass is 16.2. The van der Waals surface area contributed by atoms with Crippen LogP contribution in [0.4, 0.5) is 5.69 Å². The standard InChI is InChI=1S/C10H10N2O/c1-8-11-10(13)7-12(8)9-5-3-2-4-6-9/h2-6H,7H2,1H3. The second kappa shape index (κ2) is 3.01. The fraction of sp³-hybridized carbons (Fsp3) is 0.200. The van der Waals surface area contributed by atoms with Crippen molar-refractivity contribution in [2.24, 2.45) is 4.99 Å². The van der Waals surface area contributed by atoms with Crippen molar-refractivity contribution in [2.75, 3.05) is 11.4 Å². The van der Waals surface area contributed by atoms with Crippen molar-refractivity contribution in [3.8, 4) is 0 Å². The Kier molecular flexibility index (Phi) is 1.85. The van der Waals surface area contributed by atoms with E-state index in [0.29, 0.717) is 6.54 Å². The van der Waals surface area contributed by atoms with Crippen molar-refractivity contribution in [1.82, 2.24) is 0 Å². The van der Waals surface area contributed by atoms with Crippen molar-refractivity contribution >= 4 is 17.4 Å². The Labute approximate surface area is 76.7 Å². The molecule has 1 aromatic carbocycles. The molecular formula is C10H10N2O. The number of para-hydroxylation sites is 1. The lowest BCUT2D eigenvalue weighted by Crippen LogP contribution is -2.25. The first-order valence-corrected chi connectivity index (χ1v) is 4.18. The van der Waals surface area contributed by atoms with Gasteiger partial charge in [0.05, 0.1) is 0 Å². The van der Waals surface area contributed by atoms with Gasteiger partial charge >= 0.3 is 0 Å². The van der Waals surface area contributed by atoms with E-state index in [1.807, 2.05) is 42.2 Å². The molecule has 0 fully saturated rings. The van der Waals surface area contributed by atoms with E-state index < -0.39 is 0 Å². The van der Waals surface area contributed by atoms with Gasteiger partial charge in [-0.25, -0.2) is 0 Å². The highest BCUT2D eigenvalue weighted by Crippen LogP contribution is 2.16. The number of rotatable bonds is 1. The van der Waals surface area contributed by atoms with Crippen molar-refractivity contribution in [3.05, 3.63) is 30.3 Å². The van der Waals surface area contributed by atoms with Crippen LogP contribution in [0.2, 0.25) is 0 Å². The van der Waals surface area contributed by atoms with Gasteiger partial charge in [0.2, 0.25) is 0 Å². The van der Waals surface area contributed by atoms with Gasteiger partial charge in [0.15, 0.2) is 0 Å². The molecule has 3 heteroatoms. The number of hydrogen-bond donors (Lipinski definition) is 0. The van der Waals surface area contributed by atoms with Crippen molar-refractivity contribution in [3.63, 3.8) is 0 Å². The summed E-state index contributed by atoms with van der Waals surface area (Å²) in [5.74, 6) is 0.706. The largest absolute Gasteiger partial charge is 0.320 e. The molecule has 0 radical (unpaired) electrons. The van der Waals surface area contributed by atoms with Gasteiger partial charge in [-0.15, -0.1) is 0 Å². The summed E-state index contributed by atoms with van der Waals surface area (Å²) in [6.45, 7) is 2.22. The molecule has 0 aromatic heterocycles. The highest BCUT2D eigenvalue weighted by Gasteiger charge is 2.20. The molecule has 1 aliphatic rings. The summed E-state index contributed by atoms with van der Waals surface area (Å²) in [5.41, 5.74) is 1.02. The number of nitrogens with zero attached hydrogens (tertiary/aromatic N) is 2. The molecule has 13 heavy (non-hydrogen) atoms. The van der Waals surface area contributed by atoms with Crippen LogP contribution in [-0.2, 0) is 4.79 Å². The summed E-state index contributed by atoms with van der Waals surface area (Å²) >= 11 is 0. The molecule has 2 rings (SSSR count). The number of benzene rings is 1. The number of anilines is 1. The molecule has 0 bridgehead atoms. The fourth-order valence-corrected chi connectivity index (χ4v) is 1.41. The molecule has 66 valence electrons. The van der Waals surface area contributed by atoms with Gasteiger partial charge in [-0.3, -0.25) is 4.79 Å². The van der Waals surface area contributed by atoms with Crippen LogP contribution in [0.3, 0.4) is 0 Å². The highest BCUT2D eigenvalue weighted by molar-refractivity contribution is 6.11. The van der Waals surface area contributed by atoms with Gasteiger partial charge in [0.1, 0.15) is 12.4 Å². The van der Waals surface area contributed by atoms with Crippen LogP contribution in [0.15, 0.2) is 35.3 Å². The molecule has 3 nitrogen and oxygen atoms in total. The van der Waals surface area contributed by atoms with E-state index >= 15 is 0 Å². The Morgan fingerprint density at radius 1 is 1.31 bits per heavy atom. The third kappa shape index (κ3) is 1.45. The van der Waals surface area contributed by atoms with E-state index in [4.69, 9.17) is 0 Å². The maximum Gasteiger partial charge on any atom is 0.267 e. The molecule has 0 saturated heterocycles. The molecule has 1 aliphatic heterocycles. The summed E-state index contributed by atoms with van der Waals surface area (Å²) in [4.78, 5) is 16.8. The zero-order valence-electron chi connectivity index (χ0n) is 7.40. The fourth-order valence-electron chi connectivity index (χ4n) is 1.41. The first-order chi connectivity index (χ1) is 6.27. The molecule has 0 spiro atoms. The quantitative estimate of drug-likeness (QED) is 0.645. The van der Waals surface area contributed by atoms with Gasteiger partial charge in [0.25, 0.3) is 5.91 Å². The molecule has 0 unspecified atom stereocenters. The topological polar surface area (TPSA) is 32.7 Å². The summed E-state index contributed by atoms with van der Waals surface area (Å²) in [6, 6.07) is 9.79. The Morgan fingerprint density at radius 2 is 2.00 bits per heavy atom. The second-order valence-electron chi connectivity index (χ2n) is 2.97. The summed E-state index contributed by atoms with van der Waals surface area (Å²) in [5, 5.41) is 0. The number of carbonyl (C=O) groups is 1. The molecule has 0 aliphatic carbocycles. The Balaban J connectivity index is 2.30. The van der Waals surface area contributed by atoms with Crippen LogP contribution in [0.25, 0.3) is 0 Å². The van der Waals surface area contributed by atoms with Gasteiger partial charge in [0, 0.05) is 5.69 Å². The van der Waals surface area contributed by atoms with Crippen molar-refractivity contribution in [1.29, 1.82) is 0 Å². The van der Waals surface area contributed by atoms with Crippen LogP contribution in [-0.4, -0.2) is 18.3 Å². The number of amides is 1. The second-order valence-corrected chi connectivity index (χ2v) is 2.97. The van der Waals surface area contributed by atoms with Gasteiger partial charge in [-0.05, 0) is 19.1 Å². The molecule has 1 amide bonds. The third-order valence-electron chi connectivity index (χ3n) is 2.04. The van der Waals surface area contributed by atoms with Gasteiger partial charge in [-0.1, -0.05) is 18.2 Å². The van der Waals surface area contributed by atoms with Crippen LogP contribution >= 0.6 is 0 Å². The van der Waals surface area contributed by atoms with E-state index in [1.165, 1.54) is 0 Å². The predicted molar refractivity (Wildman–Crippen MR) is 51.9 cm³/mol. The van der Waals surface area contributed by atoms with Crippen LogP contribution in [0.1, 0.15) is 6.92 Å². The summed E-state index contributed by atoms with van der Waals surface area (Å²) < 4.78 is 0. The van der Waals surface area contributed by atoms with E-state index in [2.05, 4.69) is 4.99 Å². The summed E-state index contributed by atoms with van der Waals surface area (Å²) in [7, 11) is 0. The Hall–Kier alpha value is -1.64. The maximum absolute atomic E-state index is 11.0. The normalized spacial score (nSPS) is 16.2. The first-order valence-electron chi connectivity index (χ1n) is 4.18. The SMILES string of the molecule is CC1=NC(=O)CN1c1ccccc1. The Bertz CT molecular complexity index is 356. The van der Waals surface area contributed by atoms with E-state index in [0.717, 1.165) is 11.5 Å². The van der Waals surface area contributed by atoms with Crippen LogP contribution in [0.5, 0.6) is 0 Å². The lowest BCUT2D eigenvalue weighted by atomic mass is 10.3. The minimum absolute atomic E-state index is 0.0682. The lowest BCUT2D eigenvalue weighted by molar-refractivity contribution is -0.115. The molecule has 0 N–H and O–H groups in total. The lowest BCUT2D eigenvalue weighted by Gasteiger charge is -2.16. The monoisotopic (exact) mass is 174 g/mol. The number of amidine groups is 1. The molecule has 0 saturated carbocycles. The molecule has 1 heterocycles. The average Bonchev–Trinajstić information content (AvgIpc) is 2.47. The number of hydrogen-bond acceptors (Lipinski definition) is 2. The Morgan fingerprint density at radius 3 is 2.54 bits per heavy atom.